The van der Waals surface area contributed by atoms with E-state index in [-0.39, 0.29) is 11.1 Å². The summed E-state index contributed by atoms with van der Waals surface area (Å²) >= 11 is 0. The second kappa shape index (κ2) is 11.2. The Kier molecular flexibility index (Phi) is 8.28. The number of allylic oxidation sites excluding steroid dienone is 2. The Morgan fingerprint density at radius 2 is 1.46 bits per heavy atom. The predicted octanol–water partition coefficient (Wildman–Crippen LogP) is 0.755. The van der Waals surface area contributed by atoms with Crippen LogP contribution in [0.15, 0.2) is 30.0 Å². The minimum absolute atomic E-state index is 0.0566. The quantitative estimate of drug-likeness (QED) is 0.394. The highest BCUT2D eigenvalue weighted by molar-refractivity contribution is 6.24. The molecular formula is C24H24O13. The maximum Gasteiger partial charge on any atom is 0.303 e. The number of carbonyl (C=O) groups is 6. The van der Waals surface area contributed by atoms with Gasteiger partial charge in [-0.25, -0.2) is 0 Å². The third kappa shape index (κ3) is 6.30. The summed E-state index contributed by atoms with van der Waals surface area (Å²) in [5.41, 5.74) is -0.366. The first-order chi connectivity index (χ1) is 17.4. The second-order valence-electron chi connectivity index (χ2n) is 8.09. The van der Waals surface area contributed by atoms with E-state index in [0.29, 0.717) is 0 Å². The highest BCUT2D eigenvalue weighted by Gasteiger charge is 2.54. The van der Waals surface area contributed by atoms with Crippen LogP contribution in [0.4, 0.5) is 0 Å². The molecule has 198 valence electrons. The summed E-state index contributed by atoms with van der Waals surface area (Å²) in [6, 6.07) is 3.94. The van der Waals surface area contributed by atoms with Crippen LogP contribution in [0.3, 0.4) is 0 Å². The van der Waals surface area contributed by atoms with Crippen molar-refractivity contribution in [1.82, 2.24) is 0 Å². The zero-order valence-electron chi connectivity index (χ0n) is 20.2. The molecule has 13 heteroatoms. The van der Waals surface area contributed by atoms with E-state index in [1.165, 1.54) is 18.2 Å². The number of fused-ring (bicyclic) bond motifs is 1. The van der Waals surface area contributed by atoms with Gasteiger partial charge in [-0.1, -0.05) is 12.1 Å². The molecule has 1 heterocycles. The summed E-state index contributed by atoms with van der Waals surface area (Å²) in [6.07, 6.45) is -6.72. The van der Waals surface area contributed by atoms with Crippen LogP contribution in [-0.4, -0.2) is 77.9 Å². The summed E-state index contributed by atoms with van der Waals surface area (Å²) < 4.78 is 32.2. The summed E-state index contributed by atoms with van der Waals surface area (Å²) in [7, 11) is 0. The Hall–Kier alpha value is -4.26. The molecule has 1 N–H and O–H groups in total. The molecule has 0 radical (unpaired) electrons. The van der Waals surface area contributed by atoms with Gasteiger partial charge in [0.15, 0.2) is 23.8 Å². The normalized spacial score (nSPS) is 24.8. The molecule has 0 saturated carbocycles. The highest BCUT2D eigenvalue weighted by atomic mass is 16.7. The number of Topliss-reactive ketones (excluding diaryl/α,β-unsaturated/α-hetero) is 1. The van der Waals surface area contributed by atoms with E-state index in [2.05, 4.69) is 0 Å². The molecule has 1 aliphatic heterocycles. The zero-order valence-corrected chi connectivity index (χ0v) is 20.2. The topological polar surface area (TPSA) is 178 Å². The maximum atomic E-state index is 13.1. The molecule has 37 heavy (non-hydrogen) atoms. The van der Waals surface area contributed by atoms with Crippen LogP contribution >= 0.6 is 0 Å². The van der Waals surface area contributed by atoms with Crippen LogP contribution in [0.5, 0.6) is 5.75 Å². The van der Waals surface area contributed by atoms with Gasteiger partial charge in [0.2, 0.25) is 18.2 Å². The molecule has 2 aliphatic rings. The van der Waals surface area contributed by atoms with Crippen LogP contribution in [-0.2, 0) is 47.6 Å². The average Bonchev–Trinajstić information content (AvgIpc) is 2.78. The van der Waals surface area contributed by atoms with E-state index in [0.717, 1.165) is 33.8 Å². The number of benzene rings is 1. The van der Waals surface area contributed by atoms with Crippen LogP contribution < -0.4 is 0 Å². The summed E-state index contributed by atoms with van der Waals surface area (Å²) in [5.74, 6) is -5.83. The van der Waals surface area contributed by atoms with Crippen molar-refractivity contribution in [3.8, 4) is 5.75 Å². The molecule has 1 aromatic rings. The monoisotopic (exact) mass is 520 g/mol. The van der Waals surface area contributed by atoms with Gasteiger partial charge in [-0.15, -0.1) is 0 Å². The van der Waals surface area contributed by atoms with Crippen molar-refractivity contribution < 1.29 is 62.3 Å². The first kappa shape index (κ1) is 27.3. The van der Waals surface area contributed by atoms with Crippen molar-refractivity contribution in [3.05, 3.63) is 41.2 Å². The molecule has 1 saturated heterocycles. The van der Waals surface area contributed by atoms with Crippen LogP contribution in [0, 0.1) is 0 Å². The van der Waals surface area contributed by atoms with Crippen LogP contribution in [0.25, 0.3) is 0 Å². The van der Waals surface area contributed by atoms with Crippen LogP contribution in [0.2, 0.25) is 0 Å². The van der Waals surface area contributed by atoms with Gasteiger partial charge in [-0.2, -0.15) is 0 Å². The second-order valence-corrected chi connectivity index (χ2v) is 8.09. The first-order valence-electron chi connectivity index (χ1n) is 11.0. The van der Waals surface area contributed by atoms with Gasteiger partial charge in [0.25, 0.3) is 0 Å². The number of ether oxygens (including phenoxy) is 6. The van der Waals surface area contributed by atoms with Crippen LogP contribution in [0.1, 0.15) is 48.4 Å². The molecule has 3 rings (SSSR count). The summed E-state index contributed by atoms with van der Waals surface area (Å²) in [5, 5.41) is 10.2. The number of phenolic OH excluding ortho intramolecular Hbond substituents is 1. The van der Waals surface area contributed by atoms with Gasteiger partial charge in [0, 0.05) is 39.3 Å². The number of ketones is 2. The number of aromatic hydroxyl groups is 1. The predicted molar refractivity (Wildman–Crippen MR) is 118 cm³/mol. The lowest BCUT2D eigenvalue weighted by Gasteiger charge is -2.44. The lowest BCUT2D eigenvalue weighted by atomic mass is 9.92. The molecule has 5 unspecified atom stereocenters. The lowest BCUT2D eigenvalue weighted by Crippen LogP contribution is -2.63. The molecule has 13 nitrogen and oxygen atoms in total. The average molecular weight is 520 g/mol. The fraction of sp³-hybridized carbons (Fsp3) is 0.417. The van der Waals surface area contributed by atoms with Crippen molar-refractivity contribution in [2.45, 2.75) is 58.4 Å². The van der Waals surface area contributed by atoms with Gasteiger partial charge in [-0.3, -0.25) is 28.8 Å². The first-order valence-corrected chi connectivity index (χ1v) is 11.0. The van der Waals surface area contributed by atoms with Crippen molar-refractivity contribution in [3.63, 3.8) is 0 Å². The molecule has 5 atom stereocenters. The van der Waals surface area contributed by atoms with Crippen molar-refractivity contribution in [2.24, 2.45) is 0 Å². The van der Waals surface area contributed by atoms with Crippen molar-refractivity contribution >= 4 is 35.4 Å². The molecule has 0 aromatic heterocycles. The van der Waals surface area contributed by atoms with Crippen molar-refractivity contribution in [1.29, 1.82) is 0 Å². The van der Waals surface area contributed by atoms with Gasteiger partial charge >= 0.3 is 23.9 Å². The number of esters is 4. The maximum absolute atomic E-state index is 13.1. The molecule has 1 aliphatic carbocycles. The van der Waals surface area contributed by atoms with E-state index in [1.54, 1.807) is 0 Å². The van der Waals surface area contributed by atoms with Gasteiger partial charge in [-0.05, 0) is 6.07 Å². The Labute approximate surface area is 210 Å². The Morgan fingerprint density at radius 1 is 0.865 bits per heavy atom. The zero-order chi connectivity index (χ0) is 27.4. The summed E-state index contributed by atoms with van der Waals surface area (Å²) in [6.45, 7) is 3.76. The van der Waals surface area contributed by atoms with E-state index in [1.807, 2.05) is 0 Å². The van der Waals surface area contributed by atoms with E-state index >= 15 is 0 Å². The molecule has 0 bridgehead atoms. The molecule has 1 aromatic carbocycles. The summed E-state index contributed by atoms with van der Waals surface area (Å²) in [4.78, 5) is 72.7. The fourth-order valence-electron chi connectivity index (χ4n) is 3.87. The van der Waals surface area contributed by atoms with E-state index in [9.17, 15) is 33.9 Å². The number of phenols is 1. The number of hydrogen-bond donors (Lipinski definition) is 1. The third-order valence-corrected chi connectivity index (χ3v) is 5.21. The highest BCUT2D eigenvalue weighted by Crippen LogP contribution is 2.34. The van der Waals surface area contributed by atoms with Gasteiger partial charge in [0.1, 0.15) is 18.5 Å². The van der Waals surface area contributed by atoms with E-state index in [4.69, 9.17) is 28.4 Å². The minimum atomic E-state index is -1.71. The SMILES string of the molecule is CC(=O)OCC1OC(OC2=CC(=O)c3cccc(O)c3C2=O)C(OC(C)=O)C(OC(C)=O)C1OC(C)=O. The molecule has 0 amide bonds. The lowest BCUT2D eigenvalue weighted by molar-refractivity contribution is -0.298. The number of carbonyl (C=O) groups excluding carboxylic acids is 6. The number of hydrogen-bond acceptors (Lipinski definition) is 13. The van der Waals surface area contributed by atoms with Crippen molar-refractivity contribution in [2.75, 3.05) is 6.61 Å². The third-order valence-electron chi connectivity index (χ3n) is 5.21. The largest absolute Gasteiger partial charge is 0.507 e. The van der Waals surface area contributed by atoms with Gasteiger partial charge in [0.05, 0.1) is 5.56 Å². The van der Waals surface area contributed by atoms with Gasteiger partial charge < -0.3 is 33.5 Å². The Bertz CT molecular complexity index is 1170. The fourth-order valence-corrected chi connectivity index (χ4v) is 3.87. The Balaban J connectivity index is 2.03. The molecule has 1 fully saturated rings. The standard InChI is InChI=1S/C24H24O13/c1-10(25)32-9-18-21(33-11(2)26)22(34-12(3)27)23(35-13(4)28)24(37-18)36-17-8-16(30)14-6-5-7-15(29)19(14)20(17)31/h5-8,18,21-24,29H,9H2,1-4H3. The molecular weight excluding hydrogens is 496 g/mol. The number of rotatable bonds is 7. The molecule has 0 spiro atoms. The van der Waals surface area contributed by atoms with E-state index < -0.39 is 84.3 Å². The smallest absolute Gasteiger partial charge is 0.303 e. The minimum Gasteiger partial charge on any atom is -0.507 e. The Morgan fingerprint density at radius 3 is 2.05 bits per heavy atom.